The standard InChI is InChI=1S/C20H16O7/c1-24-14-6-5-11(17(20(22)23)19(14)25-2)12-4-3-10-7-15-16(27-9-26-15)8-13(10)18(12)21/h3-8,21H,9H2,1-2H3,(H,22,23). The van der Waals surface area contributed by atoms with Gasteiger partial charge in [0.2, 0.25) is 6.79 Å². The van der Waals surface area contributed by atoms with Crippen LogP contribution in [0.5, 0.6) is 28.7 Å². The monoisotopic (exact) mass is 368 g/mol. The van der Waals surface area contributed by atoms with Gasteiger partial charge in [-0.05, 0) is 35.7 Å². The third-order valence-electron chi connectivity index (χ3n) is 4.53. The van der Waals surface area contributed by atoms with E-state index in [4.69, 9.17) is 18.9 Å². The van der Waals surface area contributed by atoms with E-state index in [1.54, 1.807) is 36.4 Å². The first-order chi connectivity index (χ1) is 13.0. The maximum atomic E-state index is 11.9. The molecule has 0 unspecified atom stereocenters. The van der Waals surface area contributed by atoms with Crippen molar-refractivity contribution in [3.05, 3.63) is 42.0 Å². The largest absolute Gasteiger partial charge is 0.507 e. The molecule has 0 fully saturated rings. The van der Waals surface area contributed by atoms with E-state index in [9.17, 15) is 15.0 Å². The van der Waals surface area contributed by atoms with Gasteiger partial charge >= 0.3 is 5.97 Å². The molecule has 7 heteroatoms. The first-order valence-electron chi connectivity index (χ1n) is 8.09. The second-order valence-electron chi connectivity index (χ2n) is 5.92. The van der Waals surface area contributed by atoms with Crippen LogP contribution in [0, 0.1) is 0 Å². The van der Waals surface area contributed by atoms with Crippen LogP contribution in [0.4, 0.5) is 0 Å². The first-order valence-corrected chi connectivity index (χ1v) is 8.09. The van der Waals surface area contributed by atoms with Crippen molar-refractivity contribution in [2.75, 3.05) is 21.0 Å². The molecular formula is C20H16O7. The van der Waals surface area contributed by atoms with Crippen molar-refractivity contribution >= 4 is 16.7 Å². The number of aromatic carboxylic acids is 1. The molecule has 0 aromatic heterocycles. The van der Waals surface area contributed by atoms with Crippen molar-refractivity contribution in [2.45, 2.75) is 0 Å². The van der Waals surface area contributed by atoms with Gasteiger partial charge in [0.1, 0.15) is 11.3 Å². The molecule has 0 amide bonds. The van der Waals surface area contributed by atoms with E-state index < -0.39 is 5.97 Å². The Bertz CT molecular complexity index is 1070. The zero-order valence-corrected chi connectivity index (χ0v) is 14.6. The molecule has 0 saturated heterocycles. The number of rotatable bonds is 4. The molecule has 138 valence electrons. The second kappa shape index (κ2) is 6.28. The van der Waals surface area contributed by atoms with Gasteiger partial charge < -0.3 is 29.2 Å². The Kier molecular flexibility index (Phi) is 3.92. The summed E-state index contributed by atoms with van der Waals surface area (Å²) in [4.78, 5) is 11.9. The van der Waals surface area contributed by atoms with Crippen LogP contribution in [0.15, 0.2) is 36.4 Å². The number of benzene rings is 3. The van der Waals surface area contributed by atoms with Crippen LogP contribution < -0.4 is 18.9 Å². The topological polar surface area (TPSA) is 94.5 Å². The Hall–Kier alpha value is -3.61. The minimum Gasteiger partial charge on any atom is -0.507 e. The van der Waals surface area contributed by atoms with E-state index >= 15 is 0 Å². The minimum absolute atomic E-state index is 0.0551. The lowest BCUT2D eigenvalue weighted by Gasteiger charge is -2.16. The fraction of sp³-hybridized carbons (Fsp3) is 0.150. The molecule has 2 N–H and O–H groups in total. The molecule has 0 saturated carbocycles. The second-order valence-corrected chi connectivity index (χ2v) is 5.92. The summed E-state index contributed by atoms with van der Waals surface area (Å²) in [7, 11) is 2.80. The highest BCUT2D eigenvalue weighted by atomic mass is 16.7. The Morgan fingerprint density at radius 2 is 1.70 bits per heavy atom. The molecule has 3 aromatic rings. The van der Waals surface area contributed by atoms with E-state index in [0.29, 0.717) is 33.8 Å². The lowest BCUT2D eigenvalue weighted by atomic mass is 9.94. The molecule has 0 radical (unpaired) electrons. The maximum Gasteiger partial charge on any atom is 0.340 e. The molecule has 0 atom stereocenters. The van der Waals surface area contributed by atoms with Crippen LogP contribution in [0.1, 0.15) is 10.4 Å². The fourth-order valence-electron chi connectivity index (χ4n) is 3.28. The molecule has 1 aliphatic rings. The van der Waals surface area contributed by atoms with Crippen molar-refractivity contribution < 1.29 is 34.0 Å². The number of phenolic OH excluding ortho intramolecular Hbond substituents is 1. The summed E-state index contributed by atoms with van der Waals surface area (Å²) in [5.41, 5.74) is 0.587. The minimum atomic E-state index is -1.19. The highest BCUT2D eigenvalue weighted by Gasteiger charge is 2.24. The molecule has 0 spiro atoms. The van der Waals surface area contributed by atoms with Gasteiger partial charge in [0.25, 0.3) is 0 Å². The predicted molar refractivity (Wildman–Crippen MR) is 97.2 cm³/mol. The number of aromatic hydroxyl groups is 1. The van der Waals surface area contributed by atoms with Crippen LogP contribution in [0.3, 0.4) is 0 Å². The summed E-state index contributed by atoms with van der Waals surface area (Å²) in [6, 6.07) is 10.1. The van der Waals surface area contributed by atoms with Gasteiger partial charge in [-0.1, -0.05) is 6.07 Å². The third kappa shape index (κ3) is 2.55. The quantitative estimate of drug-likeness (QED) is 0.726. The number of phenols is 1. The molecule has 1 aliphatic heterocycles. The molecule has 27 heavy (non-hydrogen) atoms. The molecule has 1 heterocycles. The number of ether oxygens (including phenoxy) is 4. The van der Waals surface area contributed by atoms with E-state index in [0.717, 1.165) is 5.39 Å². The van der Waals surface area contributed by atoms with Gasteiger partial charge in [0.15, 0.2) is 23.0 Å². The lowest BCUT2D eigenvalue weighted by Crippen LogP contribution is -2.05. The lowest BCUT2D eigenvalue weighted by molar-refractivity contribution is 0.0693. The fourth-order valence-corrected chi connectivity index (χ4v) is 3.28. The highest BCUT2D eigenvalue weighted by Crippen LogP contribution is 2.45. The highest BCUT2D eigenvalue weighted by molar-refractivity contribution is 6.04. The zero-order chi connectivity index (χ0) is 19.1. The molecule has 3 aromatic carbocycles. The molecule has 0 aliphatic carbocycles. The number of carboxylic acids is 1. The average molecular weight is 368 g/mol. The van der Waals surface area contributed by atoms with Crippen LogP contribution in [-0.4, -0.2) is 37.2 Å². The average Bonchev–Trinajstić information content (AvgIpc) is 3.13. The third-order valence-corrected chi connectivity index (χ3v) is 4.53. The Morgan fingerprint density at radius 3 is 2.37 bits per heavy atom. The summed E-state index contributed by atoms with van der Waals surface area (Å²) in [5.74, 6) is 0.272. The SMILES string of the molecule is COc1ccc(-c2ccc3cc4c(cc3c2O)OCO4)c(C(=O)O)c1OC. The van der Waals surface area contributed by atoms with E-state index in [2.05, 4.69) is 0 Å². The number of hydrogen-bond acceptors (Lipinski definition) is 6. The van der Waals surface area contributed by atoms with Crippen LogP contribution in [0.25, 0.3) is 21.9 Å². The van der Waals surface area contributed by atoms with Gasteiger partial charge in [0.05, 0.1) is 14.2 Å². The number of hydrogen-bond donors (Lipinski definition) is 2. The van der Waals surface area contributed by atoms with Crippen molar-refractivity contribution in [3.63, 3.8) is 0 Å². The van der Waals surface area contributed by atoms with Crippen LogP contribution in [0.2, 0.25) is 0 Å². The molecule has 4 rings (SSSR count). The molecular weight excluding hydrogens is 352 g/mol. The summed E-state index contributed by atoms with van der Waals surface area (Å²) in [6.07, 6.45) is 0. The van der Waals surface area contributed by atoms with Crippen LogP contribution >= 0.6 is 0 Å². The Labute approximate surface area is 154 Å². The van der Waals surface area contributed by atoms with E-state index in [-0.39, 0.29) is 23.9 Å². The smallest absolute Gasteiger partial charge is 0.340 e. The summed E-state index contributed by atoms with van der Waals surface area (Å²) in [5, 5.41) is 21.9. The normalized spacial score (nSPS) is 12.2. The van der Waals surface area contributed by atoms with Gasteiger partial charge in [-0.3, -0.25) is 0 Å². The van der Waals surface area contributed by atoms with Crippen molar-refractivity contribution in [1.29, 1.82) is 0 Å². The number of methoxy groups -OCH3 is 2. The van der Waals surface area contributed by atoms with Crippen molar-refractivity contribution in [2.24, 2.45) is 0 Å². The molecule has 0 bridgehead atoms. The van der Waals surface area contributed by atoms with E-state index in [1.165, 1.54) is 14.2 Å². The van der Waals surface area contributed by atoms with Crippen molar-refractivity contribution in [1.82, 2.24) is 0 Å². The summed E-state index contributed by atoms with van der Waals surface area (Å²) >= 11 is 0. The number of carbonyl (C=O) groups is 1. The van der Waals surface area contributed by atoms with Gasteiger partial charge in [-0.25, -0.2) is 4.79 Å². The van der Waals surface area contributed by atoms with E-state index in [1.807, 2.05) is 0 Å². The Balaban J connectivity index is 1.99. The molecule has 7 nitrogen and oxygen atoms in total. The predicted octanol–water partition coefficient (Wildman–Crippen LogP) is 3.66. The zero-order valence-electron chi connectivity index (χ0n) is 14.6. The van der Waals surface area contributed by atoms with Crippen LogP contribution in [-0.2, 0) is 0 Å². The van der Waals surface area contributed by atoms with Gasteiger partial charge in [-0.2, -0.15) is 0 Å². The van der Waals surface area contributed by atoms with Gasteiger partial charge in [-0.15, -0.1) is 0 Å². The summed E-state index contributed by atoms with van der Waals surface area (Å²) < 4.78 is 21.2. The van der Waals surface area contributed by atoms with Crippen molar-refractivity contribution in [3.8, 4) is 39.9 Å². The number of carboxylic acid groups (broad SMARTS) is 1. The maximum absolute atomic E-state index is 11.9. The Morgan fingerprint density at radius 1 is 1.00 bits per heavy atom. The number of fused-ring (bicyclic) bond motifs is 2. The first kappa shape index (κ1) is 16.8. The van der Waals surface area contributed by atoms with Gasteiger partial charge in [0, 0.05) is 16.5 Å². The summed E-state index contributed by atoms with van der Waals surface area (Å²) in [6.45, 7) is 0.123.